The molecule has 0 saturated heterocycles. The Kier molecular flexibility index (Phi) is 4.06. The van der Waals surface area contributed by atoms with E-state index in [0.29, 0.717) is 5.82 Å². The predicted octanol–water partition coefficient (Wildman–Crippen LogP) is 1.14. The minimum Gasteiger partial charge on any atom is -0.324 e. The van der Waals surface area contributed by atoms with Gasteiger partial charge in [-0.1, -0.05) is 12.1 Å². The molecular formula is C11H12BrN5O. The van der Waals surface area contributed by atoms with E-state index in [1.807, 2.05) is 24.3 Å². The highest BCUT2D eigenvalue weighted by Crippen LogP contribution is 2.20. The summed E-state index contributed by atoms with van der Waals surface area (Å²) in [5, 5.41) is 6.82. The number of nitrogens with zero attached hydrogens (tertiary/aromatic N) is 3. The summed E-state index contributed by atoms with van der Waals surface area (Å²) in [4.78, 5) is 15.7. The van der Waals surface area contributed by atoms with E-state index in [0.717, 1.165) is 10.2 Å². The maximum Gasteiger partial charge on any atom is 0.246 e. The molecule has 94 valence electrons. The summed E-state index contributed by atoms with van der Waals surface area (Å²) in [6, 6.07) is 7.40. The van der Waals surface area contributed by atoms with Gasteiger partial charge in [0.1, 0.15) is 12.9 Å². The number of halogens is 1. The number of nitrogens with two attached hydrogens (primary N) is 1. The first-order valence-corrected chi connectivity index (χ1v) is 6.11. The molecule has 0 bridgehead atoms. The number of hydrogen-bond acceptors (Lipinski definition) is 4. The van der Waals surface area contributed by atoms with E-state index in [1.54, 1.807) is 0 Å². The zero-order valence-corrected chi connectivity index (χ0v) is 11.1. The minimum atomic E-state index is -0.171. The number of benzene rings is 1. The number of rotatable bonds is 4. The Bertz CT molecular complexity index is 554. The van der Waals surface area contributed by atoms with E-state index < -0.39 is 0 Å². The lowest BCUT2D eigenvalue weighted by Gasteiger charge is -2.06. The summed E-state index contributed by atoms with van der Waals surface area (Å²) in [6.07, 6.45) is 1.49. The van der Waals surface area contributed by atoms with Crippen LogP contribution in [-0.4, -0.2) is 20.7 Å². The van der Waals surface area contributed by atoms with Gasteiger partial charge in [-0.05, 0) is 28.1 Å². The van der Waals surface area contributed by atoms with E-state index in [4.69, 9.17) is 5.73 Å². The van der Waals surface area contributed by atoms with Crippen molar-refractivity contribution in [3.63, 3.8) is 0 Å². The topological polar surface area (TPSA) is 85.8 Å². The van der Waals surface area contributed by atoms with E-state index in [1.165, 1.54) is 11.0 Å². The van der Waals surface area contributed by atoms with E-state index in [-0.39, 0.29) is 19.0 Å². The maximum atomic E-state index is 11.8. The highest BCUT2D eigenvalue weighted by molar-refractivity contribution is 9.10. The van der Waals surface area contributed by atoms with E-state index in [2.05, 4.69) is 31.3 Å². The molecule has 2 rings (SSSR count). The average molecular weight is 310 g/mol. The number of para-hydroxylation sites is 1. The molecule has 0 spiro atoms. The minimum absolute atomic E-state index is 0.105. The van der Waals surface area contributed by atoms with Gasteiger partial charge in [0.25, 0.3) is 0 Å². The van der Waals surface area contributed by atoms with Crippen LogP contribution in [0.5, 0.6) is 0 Å². The van der Waals surface area contributed by atoms with Crippen molar-refractivity contribution in [2.45, 2.75) is 13.1 Å². The largest absolute Gasteiger partial charge is 0.324 e. The van der Waals surface area contributed by atoms with Gasteiger partial charge in [-0.15, -0.1) is 0 Å². The molecule has 7 heteroatoms. The van der Waals surface area contributed by atoms with Crippen molar-refractivity contribution in [1.29, 1.82) is 0 Å². The number of hydrogen-bond donors (Lipinski definition) is 2. The first kappa shape index (κ1) is 12.7. The average Bonchev–Trinajstić information content (AvgIpc) is 2.80. The zero-order chi connectivity index (χ0) is 13.0. The fourth-order valence-corrected chi connectivity index (χ4v) is 1.79. The smallest absolute Gasteiger partial charge is 0.246 e. The second-order valence-corrected chi connectivity index (χ2v) is 4.44. The lowest BCUT2D eigenvalue weighted by atomic mass is 10.3. The monoisotopic (exact) mass is 309 g/mol. The van der Waals surface area contributed by atoms with Crippen molar-refractivity contribution in [1.82, 2.24) is 14.8 Å². The molecule has 0 aliphatic rings. The van der Waals surface area contributed by atoms with Crippen LogP contribution in [0.1, 0.15) is 5.82 Å². The van der Waals surface area contributed by atoms with Crippen LogP contribution in [0.15, 0.2) is 35.1 Å². The fourth-order valence-electron chi connectivity index (χ4n) is 1.40. The summed E-state index contributed by atoms with van der Waals surface area (Å²) in [6.45, 7) is 0.368. The van der Waals surface area contributed by atoms with Crippen LogP contribution in [0.25, 0.3) is 0 Å². The normalized spacial score (nSPS) is 10.3. The lowest BCUT2D eigenvalue weighted by molar-refractivity contribution is -0.116. The summed E-state index contributed by atoms with van der Waals surface area (Å²) in [5.41, 5.74) is 6.12. The van der Waals surface area contributed by atoms with E-state index >= 15 is 0 Å². The van der Waals surface area contributed by atoms with Crippen molar-refractivity contribution >= 4 is 27.5 Å². The molecule has 1 heterocycles. The lowest BCUT2D eigenvalue weighted by Crippen LogP contribution is -2.19. The van der Waals surface area contributed by atoms with Crippen LogP contribution in [0.4, 0.5) is 5.69 Å². The molecule has 0 saturated carbocycles. The van der Waals surface area contributed by atoms with Gasteiger partial charge in [0.15, 0.2) is 5.82 Å². The number of aromatic nitrogens is 3. The quantitative estimate of drug-likeness (QED) is 0.886. The zero-order valence-electron chi connectivity index (χ0n) is 9.51. The Morgan fingerprint density at radius 3 is 2.89 bits per heavy atom. The SMILES string of the molecule is NCc1ncn(CC(=O)Nc2ccccc2Br)n1. The molecule has 0 radical (unpaired) electrons. The predicted molar refractivity (Wildman–Crippen MR) is 70.7 cm³/mol. The number of carbonyl (C=O) groups excluding carboxylic acids is 1. The molecule has 2 aromatic rings. The molecular weight excluding hydrogens is 298 g/mol. The Hall–Kier alpha value is -1.73. The summed E-state index contributed by atoms with van der Waals surface area (Å²) < 4.78 is 2.29. The third kappa shape index (κ3) is 3.14. The molecule has 3 N–H and O–H groups in total. The van der Waals surface area contributed by atoms with Gasteiger partial charge < -0.3 is 11.1 Å². The number of nitrogens with one attached hydrogen (secondary N) is 1. The Morgan fingerprint density at radius 2 is 2.22 bits per heavy atom. The molecule has 1 aromatic heterocycles. The van der Waals surface area contributed by atoms with Gasteiger partial charge in [-0.25, -0.2) is 9.67 Å². The second-order valence-electron chi connectivity index (χ2n) is 3.59. The standard InChI is InChI=1S/C11H12BrN5O/c12-8-3-1-2-4-9(8)15-11(18)6-17-7-14-10(5-13)16-17/h1-4,7H,5-6,13H2,(H,15,18). The van der Waals surface area contributed by atoms with Crippen molar-refractivity contribution in [2.75, 3.05) is 5.32 Å². The van der Waals surface area contributed by atoms with Crippen LogP contribution in [-0.2, 0) is 17.9 Å². The Morgan fingerprint density at radius 1 is 1.44 bits per heavy atom. The van der Waals surface area contributed by atoms with Gasteiger partial charge >= 0.3 is 0 Å². The van der Waals surface area contributed by atoms with Crippen molar-refractivity contribution in [2.24, 2.45) is 5.73 Å². The fraction of sp³-hybridized carbons (Fsp3) is 0.182. The van der Waals surface area contributed by atoms with Crippen molar-refractivity contribution < 1.29 is 4.79 Å². The van der Waals surface area contributed by atoms with Crippen molar-refractivity contribution in [3.05, 3.63) is 40.9 Å². The van der Waals surface area contributed by atoms with Gasteiger partial charge in [-0.2, -0.15) is 5.10 Å². The van der Waals surface area contributed by atoms with E-state index in [9.17, 15) is 4.79 Å². The van der Waals surface area contributed by atoms with Crippen LogP contribution in [0, 0.1) is 0 Å². The maximum absolute atomic E-state index is 11.8. The summed E-state index contributed by atoms with van der Waals surface area (Å²) in [7, 11) is 0. The summed E-state index contributed by atoms with van der Waals surface area (Å²) >= 11 is 3.36. The first-order chi connectivity index (χ1) is 8.69. The highest BCUT2D eigenvalue weighted by Gasteiger charge is 2.07. The van der Waals surface area contributed by atoms with Gasteiger partial charge in [0.2, 0.25) is 5.91 Å². The molecule has 1 aromatic carbocycles. The molecule has 0 aliphatic carbocycles. The number of anilines is 1. The first-order valence-electron chi connectivity index (χ1n) is 5.32. The van der Waals surface area contributed by atoms with Gasteiger partial charge in [-0.3, -0.25) is 4.79 Å². The Labute approximate surface area is 112 Å². The third-order valence-electron chi connectivity index (χ3n) is 2.22. The van der Waals surface area contributed by atoms with Gasteiger partial charge in [0.05, 0.1) is 12.2 Å². The second kappa shape index (κ2) is 5.74. The molecule has 6 nitrogen and oxygen atoms in total. The van der Waals surface area contributed by atoms with Crippen LogP contribution < -0.4 is 11.1 Å². The molecule has 0 fully saturated rings. The third-order valence-corrected chi connectivity index (χ3v) is 2.91. The molecule has 0 aliphatic heterocycles. The molecule has 18 heavy (non-hydrogen) atoms. The van der Waals surface area contributed by atoms with Crippen molar-refractivity contribution in [3.8, 4) is 0 Å². The number of carbonyl (C=O) groups is 1. The molecule has 0 atom stereocenters. The molecule has 0 unspecified atom stereocenters. The van der Waals surface area contributed by atoms with Crippen LogP contribution >= 0.6 is 15.9 Å². The summed E-state index contributed by atoms with van der Waals surface area (Å²) in [5.74, 6) is 0.346. The molecule has 1 amide bonds. The van der Waals surface area contributed by atoms with Gasteiger partial charge in [0, 0.05) is 4.47 Å². The highest BCUT2D eigenvalue weighted by atomic mass is 79.9. The van der Waals surface area contributed by atoms with Crippen LogP contribution in [0.3, 0.4) is 0 Å². The van der Waals surface area contributed by atoms with Crippen LogP contribution in [0.2, 0.25) is 0 Å². The Balaban J connectivity index is 1.99. The number of amides is 1.